The van der Waals surface area contributed by atoms with Gasteiger partial charge in [0.15, 0.2) is 5.65 Å². The van der Waals surface area contributed by atoms with Crippen molar-refractivity contribution in [3.8, 4) is 0 Å². The van der Waals surface area contributed by atoms with Crippen molar-refractivity contribution in [2.24, 2.45) is 0 Å². The van der Waals surface area contributed by atoms with Crippen molar-refractivity contribution in [1.29, 1.82) is 0 Å². The van der Waals surface area contributed by atoms with Crippen LogP contribution in [0.5, 0.6) is 0 Å². The van der Waals surface area contributed by atoms with Gasteiger partial charge in [0, 0.05) is 19.3 Å². The topological polar surface area (TPSA) is 61.9 Å². The minimum atomic E-state index is 0.486. The molecule has 5 heteroatoms. The van der Waals surface area contributed by atoms with Crippen LogP contribution in [0.4, 0.5) is 0 Å². The van der Waals surface area contributed by atoms with Gasteiger partial charge in [0.1, 0.15) is 5.52 Å². The zero-order chi connectivity index (χ0) is 11.7. The number of hydrogen-bond acceptors (Lipinski definition) is 3. The van der Waals surface area contributed by atoms with E-state index in [2.05, 4.69) is 15.0 Å². The summed E-state index contributed by atoms with van der Waals surface area (Å²) in [4.78, 5) is 24.1. The molecule has 0 bridgehead atoms. The van der Waals surface area contributed by atoms with E-state index < -0.39 is 0 Å². The van der Waals surface area contributed by atoms with E-state index in [1.54, 1.807) is 6.33 Å². The van der Waals surface area contributed by atoms with Gasteiger partial charge in [-0.15, -0.1) is 0 Å². The van der Waals surface area contributed by atoms with Crippen LogP contribution in [0, 0.1) is 0 Å². The zero-order valence-corrected chi connectivity index (χ0v) is 9.47. The average molecular weight is 230 g/mol. The summed E-state index contributed by atoms with van der Waals surface area (Å²) < 4.78 is 0. The fourth-order valence-corrected chi connectivity index (χ4v) is 2.51. The van der Waals surface area contributed by atoms with Crippen LogP contribution in [0.3, 0.4) is 0 Å². The minimum Gasteiger partial charge on any atom is -0.345 e. The molecule has 88 valence electrons. The normalized spacial score (nSPS) is 17.5. The van der Waals surface area contributed by atoms with Crippen LogP contribution in [0.25, 0.3) is 11.2 Å². The molecule has 0 aromatic carbocycles. The Morgan fingerprint density at radius 2 is 2.18 bits per heavy atom. The lowest BCUT2D eigenvalue weighted by molar-refractivity contribution is -0.119. The number of aromatic amines is 1. The summed E-state index contributed by atoms with van der Waals surface area (Å²) in [5.41, 5.74) is 3.07. The number of fused-ring (bicyclic) bond motifs is 1. The summed E-state index contributed by atoms with van der Waals surface area (Å²) in [5.74, 6) is 0.486. The van der Waals surface area contributed by atoms with Gasteiger partial charge in [0.25, 0.3) is 0 Å². The fraction of sp³-hybridized carbons (Fsp3) is 0.417. The maximum Gasteiger partial charge on any atom is 0.209 e. The van der Waals surface area contributed by atoms with Gasteiger partial charge >= 0.3 is 0 Å². The van der Waals surface area contributed by atoms with E-state index in [4.69, 9.17) is 0 Å². The van der Waals surface area contributed by atoms with E-state index in [-0.39, 0.29) is 0 Å². The van der Waals surface area contributed by atoms with Crippen molar-refractivity contribution in [1.82, 2.24) is 19.9 Å². The Balaban J connectivity index is 1.89. The van der Waals surface area contributed by atoms with Gasteiger partial charge in [0.05, 0.1) is 6.33 Å². The van der Waals surface area contributed by atoms with Gasteiger partial charge in [-0.05, 0) is 30.4 Å². The van der Waals surface area contributed by atoms with E-state index in [1.807, 2.05) is 17.2 Å². The predicted molar refractivity (Wildman–Crippen MR) is 63.5 cm³/mol. The molecule has 0 unspecified atom stereocenters. The minimum absolute atomic E-state index is 0.486. The Hall–Kier alpha value is -1.91. The Kier molecular flexibility index (Phi) is 2.51. The van der Waals surface area contributed by atoms with Gasteiger partial charge in [-0.2, -0.15) is 0 Å². The van der Waals surface area contributed by atoms with Gasteiger partial charge in [-0.25, -0.2) is 9.97 Å². The molecule has 3 heterocycles. The molecule has 0 spiro atoms. The summed E-state index contributed by atoms with van der Waals surface area (Å²) in [7, 11) is 0. The van der Waals surface area contributed by atoms with Crippen molar-refractivity contribution in [2.45, 2.75) is 18.8 Å². The molecule has 1 fully saturated rings. The van der Waals surface area contributed by atoms with E-state index in [1.165, 1.54) is 5.56 Å². The van der Waals surface area contributed by atoms with Crippen LogP contribution in [-0.2, 0) is 4.79 Å². The molecular formula is C12H14N4O. The monoisotopic (exact) mass is 230 g/mol. The number of amides is 1. The number of H-pyrrole nitrogens is 1. The van der Waals surface area contributed by atoms with Crippen LogP contribution in [0.15, 0.2) is 18.6 Å². The zero-order valence-electron chi connectivity index (χ0n) is 9.47. The molecular weight excluding hydrogens is 216 g/mol. The first-order valence-electron chi connectivity index (χ1n) is 5.86. The van der Waals surface area contributed by atoms with Crippen molar-refractivity contribution in [3.05, 3.63) is 24.2 Å². The van der Waals surface area contributed by atoms with Gasteiger partial charge in [0.2, 0.25) is 6.41 Å². The van der Waals surface area contributed by atoms with Gasteiger partial charge in [-0.3, -0.25) is 4.79 Å². The molecule has 5 nitrogen and oxygen atoms in total. The third-order valence-electron chi connectivity index (χ3n) is 3.47. The van der Waals surface area contributed by atoms with Crippen LogP contribution in [0.2, 0.25) is 0 Å². The summed E-state index contributed by atoms with van der Waals surface area (Å²) in [6, 6.07) is 2.05. The highest BCUT2D eigenvalue weighted by Crippen LogP contribution is 2.30. The number of carbonyl (C=O) groups excluding carboxylic acids is 1. The second-order valence-corrected chi connectivity index (χ2v) is 4.42. The second kappa shape index (κ2) is 4.16. The number of carbonyl (C=O) groups is 1. The van der Waals surface area contributed by atoms with Crippen molar-refractivity contribution in [3.63, 3.8) is 0 Å². The first-order valence-corrected chi connectivity index (χ1v) is 5.86. The maximum absolute atomic E-state index is 10.7. The third kappa shape index (κ3) is 1.77. The second-order valence-electron chi connectivity index (χ2n) is 4.42. The molecule has 17 heavy (non-hydrogen) atoms. The van der Waals surface area contributed by atoms with E-state index in [0.717, 1.165) is 43.5 Å². The summed E-state index contributed by atoms with van der Waals surface area (Å²) in [5, 5.41) is 0. The molecule has 2 aromatic heterocycles. The number of pyridine rings is 1. The van der Waals surface area contributed by atoms with Crippen molar-refractivity contribution < 1.29 is 4.79 Å². The molecule has 0 radical (unpaired) electrons. The SMILES string of the molecule is O=CN1CCC(c2ccnc3[nH]cnc23)CC1. The molecule has 0 aliphatic carbocycles. The van der Waals surface area contributed by atoms with Crippen LogP contribution >= 0.6 is 0 Å². The molecule has 0 atom stereocenters. The fourth-order valence-electron chi connectivity index (χ4n) is 2.51. The number of aromatic nitrogens is 3. The highest BCUT2D eigenvalue weighted by Gasteiger charge is 2.21. The average Bonchev–Trinajstić information content (AvgIpc) is 2.87. The summed E-state index contributed by atoms with van der Waals surface area (Å²) >= 11 is 0. The number of nitrogens with zero attached hydrogens (tertiary/aromatic N) is 3. The molecule has 1 aliphatic rings. The molecule has 1 saturated heterocycles. The van der Waals surface area contributed by atoms with E-state index in [9.17, 15) is 4.79 Å². The van der Waals surface area contributed by atoms with Crippen molar-refractivity contribution >= 4 is 17.6 Å². The van der Waals surface area contributed by atoms with Crippen LogP contribution in [0.1, 0.15) is 24.3 Å². The third-order valence-corrected chi connectivity index (χ3v) is 3.47. The van der Waals surface area contributed by atoms with Crippen LogP contribution in [-0.4, -0.2) is 39.4 Å². The largest absolute Gasteiger partial charge is 0.345 e. The molecule has 2 aromatic rings. The molecule has 0 saturated carbocycles. The highest BCUT2D eigenvalue weighted by atomic mass is 16.1. The van der Waals surface area contributed by atoms with Crippen LogP contribution < -0.4 is 0 Å². The quantitative estimate of drug-likeness (QED) is 0.791. The number of nitrogens with one attached hydrogen (secondary N) is 1. The smallest absolute Gasteiger partial charge is 0.209 e. The predicted octanol–water partition coefficient (Wildman–Crippen LogP) is 1.29. The Labute approximate surface area is 98.9 Å². The van der Waals surface area contributed by atoms with Gasteiger partial charge in [-0.1, -0.05) is 0 Å². The lowest BCUT2D eigenvalue weighted by Crippen LogP contribution is -2.31. The molecule has 1 aliphatic heterocycles. The summed E-state index contributed by atoms with van der Waals surface area (Å²) in [6.45, 7) is 1.67. The Bertz CT molecular complexity index is 528. The highest BCUT2D eigenvalue weighted by molar-refractivity contribution is 5.74. The number of hydrogen-bond donors (Lipinski definition) is 1. The summed E-state index contributed by atoms with van der Waals surface area (Å²) in [6.07, 6.45) is 6.45. The Morgan fingerprint density at radius 3 is 2.94 bits per heavy atom. The first-order chi connectivity index (χ1) is 8.38. The lowest BCUT2D eigenvalue weighted by Gasteiger charge is -2.29. The standard InChI is InChI=1S/C12H14N4O/c17-8-16-5-2-9(3-6-16)10-1-4-13-12-11(10)14-7-15-12/h1,4,7-9H,2-3,5-6H2,(H,13,14,15). The number of rotatable bonds is 2. The van der Waals surface area contributed by atoms with E-state index in [0.29, 0.717) is 5.92 Å². The Morgan fingerprint density at radius 1 is 1.35 bits per heavy atom. The molecule has 1 amide bonds. The number of piperidine rings is 1. The molecule has 1 N–H and O–H groups in total. The molecule has 3 rings (SSSR count). The first kappa shape index (κ1) is 10.3. The van der Waals surface area contributed by atoms with Gasteiger partial charge < -0.3 is 9.88 Å². The lowest BCUT2D eigenvalue weighted by atomic mass is 9.89. The maximum atomic E-state index is 10.7. The number of imidazole rings is 1. The number of likely N-dealkylation sites (tertiary alicyclic amines) is 1. The van der Waals surface area contributed by atoms with E-state index >= 15 is 0 Å². The van der Waals surface area contributed by atoms with Crippen molar-refractivity contribution in [2.75, 3.05) is 13.1 Å².